The molecule has 0 saturated carbocycles. The molecule has 0 N–H and O–H groups in total. The number of hydrogen-bond donors (Lipinski definition) is 0. The van der Waals surface area contributed by atoms with E-state index in [1.54, 1.807) is 18.6 Å². The van der Waals surface area contributed by atoms with Crippen LogP contribution in [-0.4, -0.2) is 163 Å². The van der Waals surface area contributed by atoms with E-state index in [1.165, 1.54) is 19.3 Å². The van der Waals surface area contributed by atoms with Crippen molar-refractivity contribution in [3.8, 4) is 0 Å². The fraction of sp³-hybridized carbons (Fsp3) is 0.345. The molecule has 0 aliphatic carbocycles. The first kappa shape index (κ1) is 77.6. The third kappa shape index (κ3) is 31.9. The summed E-state index contributed by atoms with van der Waals surface area (Å²) in [5.74, 6) is 1.82. The minimum Gasteiger partial charge on any atom is -0.509 e. The van der Waals surface area contributed by atoms with Gasteiger partial charge in [0.1, 0.15) is 0 Å². The molecule has 0 bridgehead atoms. The van der Waals surface area contributed by atoms with Gasteiger partial charge in [-0.15, -0.1) is 40.0 Å². The molecule has 6 aromatic rings. The minimum absolute atomic E-state index is 0. The molecule has 464 valence electrons. The van der Waals surface area contributed by atoms with Gasteiger partial charge in [0.2, 0.25) is 0 Å². The molecule has 0 radical (unpaired) electrons. The van der Waals surface area contributed by atoms with E-state index in [-0.39, 0.29) is 67.7 Å². The number of nitrogens with zero attached hydrogens (tertiary/aromatic N) is 27. The first-order chi connectivity index (χ1) is 39.4. The van der Waals surface area contributed by atoms with E-state index >= 15 is 0 Å². The Kier molecular flexibility index (Phi) is 42.0. The summed E-state index contributed by atoms with van der Waals surface area (Å²) in [6.07, 6.45) is 34.7. The van der Waals surface area contributed by atoms with Gasteiger partial charge >= 0.3 is 60.3 Å². The molecule has 0 saturated heterocycles. The molecular weight excluding hydrogens is 1620 g/mol. The Labute approximate surface area is 545 Å². The molecule has 30 heteroatoms. The van der Waals surface area contributed by atoms with Crippen LogP contribution in [-0.2, 0) is 79.6 Å². The molecule has 0 spiro atoms. The van der Waals surface area contributed by atoms with Gasteiger partial charge in [0.05, 0.1) is 0 Å². The Bertz CT molecular complexity index is 2290. The quantitative estimate of drug-likeness (QED) is 0.150. The summed E-state index contributed by atoms with van der Waals surface area (Å²) in [4.78, 5) is 24.4. The zero-order valence-corrected chi connectivity index (χ0v) is 56.8. The van der Waals surface area contributed by atoms with E-state index in [9.17, 15) is 0 Å². The van der Waals surface area contributed by atoms with Crippen molar-refractivity contribution in [1.82, 2.24) is 136 Å². The predicted molar refractivity (Wildman–Crippen MR) is 313 cm³/mol. The zero-order valence-electron chi connectivity index (χ0n) is 49.6. The van der Waals surface area contributed by atoms with Crippen LogP contribution in [0.5, 0.6) is 0 Å². The first-order valence-electron chi connectivity index (χ1n) is 26.3. The fourth-order valence-electron chi connectivity index (χ4n) is 6.14. The van der Waals surface area contributed by atoms with E-state index in [2.05, 4.69) is 118 Å². The van der Waals surface area contributed by atoms with Crippen molar-refractivity contribution in [1.29, 1.82) is 0 Å². The van der Waals surface area contributed by atoms with Gasteiger partial charge in [-0.25, -0.2) is 0 Å². The number of pyridine rings is 3. The molecule has 85 heavy (non-hydrogen) atoms. The van der Waals surface area contributed by atoms with E-state index in [4.69, 9.17) is 0 Å². The summed E-state index contributed by atoms with van der Waals surface area (Å²) in [5, 5.41) is 54.5. The number of tetrazole rings is 3. The number of hydrogen-bond acceptors (Lipinski definition) is 24. The molecule has 0 amide bonds. The monoisotopic (exact) mass is 1700 g/mol. The van der Waals surface area contributed by atoms with E-state index in [0.29, 0.717) is 36.7 Å². The second kappa shape index (κ2) is 46.0. The van der Waals surface area contributed by atoms with Gasteiger partial charge in [-0.1, -0.05) is 86.4 Å². The topological polar surface area (TPSA) is 236 Å². The van der Waals surface area contributed by atoms with Crippen molar-refractivity contribution in [2.75, 3.05) is 42.3 Å². The summed E-state index contributed by atoms with van der Waals surface area (Å²) in [6, 6.07) is 17.1. The molecule has 0 unspecified atom stereocenters. The number of aromatic nitrogens is 15. The Morgan fingerprint density at radius 1 is 0.329 bits per heavy atom. The van der Waals surface area contributed by atoms with Gasteiger partial charge in [0, 0.05) is 110 Å². The summed E-state index contributed by atoms with van der Waals surface area (Å²) < 4.78 is 0. The van der Waals surface area contributed by atoms with Crippen LogP contribution in [0.4, 0.5) is 0 Å². The maximum absolute atomic E-state index is 4.12. The van der Waals surface area contributed by atoms with Crippen LogP contribution in [0.1, 0.15) is 103 Å². The molecular formula is C55H82Ir3N27. The summed E-state index contributed by atoms with van der Waals surface area (Å²) in [6.45, 7) is 24.8. The molecule has 0 aromatic carbocycles. The SMILES string of the molecule is C.CCC.CCC.CCC.CN1C=CN(N2C=CN(C)[CH-]2)[CH-]1.CN1C=CN(N2C=CN(C)[CH-]2)[CH-]1.CN1C=CN(N2C=CN(C)[CH-]2)[CH-]1.[Ir+3].[Ir+3].[Ir+3].c1ccc(Cc2nnn[n-]2)nc1.c1ccc(Cc2nnn[n-]2)nc1.c1ccc(Cc2nnn[n-]2)nc1. The largest absolute Gasteiger partial charge is 3.00 e. The molecule has 12 rings (SSSR count). The molecule has 0 fully saturated rings. The zero-order chi connectivity index (χ0) is 58.5. The van der Waals surface area contributed by atoms with Crippen molar-refractivity contribution in [2.24, 2.45) is 0 Å². The smallest absolute Gasteiger partial charge is 0.509 e. The minimum atomic E-state index is 0. The fourth-order valence-corrected chi connectivity index (χ4v) is 6.14. The maximum atomic E-state index is 4.12. The van der Waals surface area contributed by atoms with E-state index < -0.39 is 0 Å². The molecule has 27 nitrogen and oxygen atoms in total. The Balaban J connectivity index is 0.000000959. The number of rotatable bonds is 9. The first-order valence-corrected chi connectivity index (χ1v) is 26.3. The summed E-state index contributed by atoms with van der Waals surface area (Å²) >= 11 is 0. The van der Waals surface area contributed by atoms with Crippen LogP contribution in [0.3, 0.4) is 0 Å². The van der Waals surface area contributed by atoms with Crippen molar-refractivity contribution >= 4 is 0 Å². The van der Waals surface area contributed by atoms with Crippen molar-refractivity contribution < 1.29 is 60.3 Å². The molecule has 6 aliphatic heterocycles. The third-order valence-electron chi connectivity index (χ3n) is 9.61. The van der Waals surface area contributed by atoms with Crippen LogP contribution >= 0.6 is 0 Å². The van der Waals surface area contributed by atoms with Crippen LogP contribution in [0.2, 0.25) is 0 Å². The van der Waals surface area contributed by atoms with Crippen molar-refractivity contribution in [3.05, 3.63) is 222 Å². The molecule has 12 heterocycles. The van der Waals surface area contributed by atoms with Gasteiger partial charge in [-0.2, -0.15) is 15.6 Å². The van der Waals surface area contributed by atoms with Crippen LogP contribution in [0.25, 0.3) is 0 Å². The van der Waals surface area contributed by atoms with Gasteiger partial charge in [0.25, 0.3) is 0 Å². The van der Waals surface area contributed by atoms with Crippen LogP contribution < -0.4 is 15.3 Å². The normalized spacial score (nSPS) is 14.1. The maximum Gasteiger partial charge on any atom is 3.00 e. The van der Waals surface area contributed by atoms with Crippen LogP contribution in [0, 0.1) is 40.0 Å². The van der Waals surface area contributed by atoms with Gasteiger partial charge in [-0.3, -0.25) is 45.9 Å². The van der Waals surface area contributed by atoms with E-state index in [0.717, 1.165) is 17.1 Å². The van der Waals surface area contributed by atoms with Gasteiger partial charge in [-0.05, 0) is 116 Å². The summed E-state index contributed by atoms with van der Waals surface area (Å²) in [5.41, 5.74) is 2.77. The average Bonchev–Trinajstić information content (AvgIpc) is 4.49. The Hall–Kier alpha value is -7.35. The Morgan fingerprint density at radius 2 is 0.529 bits per heavy atom. The third-order valence-corrected chi connectivity index (χ3v) is 9.61. The second-order valence-electron chi connectivity index (χ2n) is 17.8. The standard InChI is InChI=1S/3C8H12N4.3C7H6N5.3C3H8.CH4.3Ir/c3*1-9-3-5-11(7-9)12-6-4-10(2)8-12;3*1-2-4-8-6(3-1)5-7-9-11-12-10-7;3*1-3-2;;;;/h3*3-8H,1-2H3;3*1-4H,5H2;3*3H2,1-2H3;1H4;;;/q3*-2;3*-1;;;;;3*+3. The molecule has 6 aromatic heterocycles. The van der Waals surface area contributed by atoms with Crippen LogP contribution in [0.15, 0.2) is 148 Å². The summed E-state index contributed by atoms with van der Waals surface area (Å²) in [7, 11) is 12.0. The predicted octanol–water partition coefficient (Wildman–Crippen LogP) is 6.05. The second-order valence-corrected chi connectivity index (χ2v) is 17.8. The van der Waals surface area contributed by atoms with Crippen molar-refractivity contribution in [2.45, 2.75) is 87.5 Å². The number of hydrazine groups is 3. The Morgan fingerprint density at radius 3 is 0.659 bits per heavy atom. The molecule has 6 aliphatic rings. The average molecular weight is 1700 g/mol. The van der Waals surface area contributed by atoms with Gasteiger partial charge in [0.15, 0.2) is 0 Å². The van der Waals surface area contributed by atoms with Crippen molar-refractivity contribution in [3.63, 3.8) is 0 Å². The molecule has 0 atom stereocenters. The van der Waals surface area contributed by atoms with E-state index in [1.807, 2.05) is 271 Å². The van der Waals surface area contributed by atoms with Gasteiger partial charge < -0.3 is 74.7 Å².